The van der Waals surface area contributed by atoms with Gasteiger partial charge in [0.05, 0.1) is 5.03 Å². The molecule has 0 bridgehead atoms. The summed E-state index contributed by atoms with van der Waals surface area (Å²) in [4.78, 5) is 4.61. The van der Waals surface area contributed by atoms with E-state index in [0.29, 0.717) is 0 Å². The Bertz CT molecular complexity index is 575. The molecule has 0 radical (unpaired) electrons. The molecule has 0 saturated heterocycles. The summed E-state index contributed by atoms with van der Waals surface area (Å²) in [7, 11) is 0. The molecule has 0 aliphatic heterocycles. The van der Waals surface area contributed by atoms with Gasteiger partial charge in [0, 0.05) is 16.0 Å². The van der Waals surface area contributed by atoms with E-state index in [0.717, 1.165) is 21.8 Å². The van der Waals surface area contributed by atoms with Gasteiger partial charge < -0.3 is 5.11 Å². The lowest BCUT2D eigenvalue weighted by Gasteiger charge is -2.19. The SMILES string of the molecule is Cc1nc(SC(C)(C)C)ccc1[C@@H](O)c1ccccc1. The molecule has 0 saturated carbocycles. The van der Waals surface area contributed by atoms with Gasteiger partial charge in [0.25, 0.3) is 0 Å². The van der Waals surface area contributed by atoms with Crippen LogP contribution < -0.4 is 0 Å². The first-order valence-corrected chi connectivity index (χ1v) is 7.58. The summed E-state index contributed by atoms with van der Waals surface area (Å²) in [6.07, 6.45) is -0.614. The highest BCUT2D eigenvalue weighted by molar-refractivity contribution is 8.00. The minimum atomic E-state index is -0.614. The lowest BCUT2D eigenvalue weighted by Crippen LogP contribution is -2.09. The molecule has 3 heteroatoms. The molecule has 106 valence electrons. The first kappa shape index (κ1) is 15.1. The predicted octanol–water partition coefficient (Wildman–Crippen LogP) is 4.36. The fraction of sp³-hybridized carbons (Fsp3) is 0.353. The molecule has 1 heterocycles. The third-order valence-corrected chi connectivity index (χ3v) is 3.97. The second kappa shape index (κ2) is 5.98. The van der Waals surface area contributed by atoms with Crippen molar-refractivity contribution in [2.24, 2.45) is 0 Å². The molecule has 0 amide bonds. The molecule has 0 unspecified atom stereocenters. The number of benzene rings is 1. The van der Waals surface area contributed by atoms with Gasteiger partial charge in [0.2, 0.25) is 0 Å². The van der Waals surface area contributed by atoms with E-state index in [1.165, 1.54) is 0 Å². The summed E-state index contributed by atoms with van der Waals surface area (Å²) in [6.45, 7) is 8.46. The van der Waals surface area contributed by atoms with Crippen LogP contribution in [0.4, 0.5) is 0 Å². The number of nitrogens with zero attached hydrogens (tertiary/aromatic N) is 1. The van der Waals surface area contributed by atoms with Crippen LogP contribution in [0.1, 0.15) is 43.7 Å². The van der Waals surface area contributed by atoms with Crippen molar-refractivity contribution in [3.8, 4) is 0 Å². The van der Waals surface area contributed by atoms with Crippen LogP contribution in [0.25, 0.3) is 0 Å². The highest BCUT2D eigenvalue weighted by Gasteiger charge is 2.17. The molecule has 20 heavy (non-hydrogen) atoms. The fourth-order valence-corrected chi connectivity index (χ4v) is 2.97. The first-order chi connectivity index (χ1) is 9.37. The summed E-state index contributed by atoms with van der Waals surface area (Å²) in [5.74, 6) is 0. The molecule has 1 N–H and O–H groups in total. The highest BCUT2D eigenvalue weighted by Crippen LogP contribution is 2.32. The van der Waals surface area contributed by atoms with Crippen LogP contribution in [-0.2, 0) is 0 Å². The van der Waals surface area contributed by atoms with Gasteiger partial charge in [0.1, 0.15) is 6.10 Å². The van der Waals surface area contributed by atoms with Gasteiger partial charge in [-0.1, -0.05) is 57.2 Å². The third-order valence-electron chi connectivity index (χ3n) is 2.92. The number of aliphatic hydroxyl groups excluding tert-OH is 1. The van der Waals surface area contributed by atoms with E-state index >= 15 is 0 Å². The van der Waals surface area contributed by atoms with Crippen molar-refractivity contribution in [3.63, 3.8) is 0 Å². The summed E-state index contributed by atoms with van der Waals surface area (Å²) >= 11 is 1.74. The van der Waals surface area contributed by atoms with E-state index in [9.17, 15) is 5.11 Å². The number of aliphatic hydroxyl groups is 1. The molecule has 2 aromatic rings. The Morgan fingerprint density at radius 2 is 1.70 bits per heavy atom. The molecular formula is C17H21NOS. The van der Waals surface area contributed by atoms with Gasteiger partial charge in [-0.3, -0.25) is 0 Å². The van der Waals surface area contributed by atoms with Crippen LogP contribution in [0.15, 0.2) is 47.5 Å². The van der Waals surface area contributed by atoms with Gasteiger partial charge in [-0.25, -0.2) is 4.98 Å². The number of hydrogen-bond donors (Lipinski definition) is 1. The lowest BCUT2D eigenvalue weighted by molar-refractivity contribution is 0.219. The highest BCUT2D eigenvalue weighted by atomic mass is 32.2. The maximum absolute atomic E-state index is 10.4. The molecule has 0 aliphatic rings. The Kier molecular flexibility index (Phi) is 4.51. The second-order valence-corrected chi connectivity index (χ2v) is 7.70. The molecule has 1 aromatic carbocycles. The minimum Gasteiger partial charge on any atom is -0.384 e. The quantitative estimate of drug-likeness (QED) is 0.851. The number of pyridine rings is 1. The molecule has 1 aromatic heterocycles. The zero-order chi connectivity index (χ0) is 14.8. The van der Waals surface area contributed by atoms with Crippen molar-refractivity contribution in [2.45, 2.75) is 43.6 Å². The topological polar surface area (TPSA) is 33.1 Å². The van der Waals surface area contributed by atoms with E-state index in [1.54, 1.807) is 11.8 Å². The van der Waals surface area contributed by atoms with Crippen molar-refractivity contribution in [1.82, 2.24) is 4.98 Å². The maximum atomic E-state index is 10.4. The van der Waals surface area contributed by atoms with E-state index in [1.807, 2.05) is 49.4 Å². The number of thioether (sulfide) groups is 1. The second-order valence-electron chi connectivity index (χ2n) is 5.85. The maximum Gasteiger partial charge on any atom is 0.106 e. The molecule has 0 fully saturated rings. The Hall–Kier alpha value is -1.32. The third kappa shape index (κ3) is 3.84. The van der Waals surface area contributed by atoms with Gasteiger partial charge in [-0.15, -0.1) is 11.8 Å². The summed E-state index contributed by atoms with van der Waals surface area (Å²) in [5.41, 5.74) is 2.65. The molecule has 2 nitrogen and oxygen atoms in total. The van der Waals surface area contributed by atoms with E-state index in [-0.39, 0.29) is 4.75 Å². The number of hydrogen-bond acceptors (Lipinski definition) is 3. The standard InChI is InChI=1S/C17H21NOS/c1-12-14(16(19)13-8-6-5-7-9-13)10-11-15(18-12)20-17(2,3)4/h5-11,16,19H,1-4H3/t16-/m0/s1. The van der Waals surface area contributed by atoms with Crippen molar-refractivity contribution >= 4 is 11.8 Å². The smallest absolute Gasteiger partial charge is 0.106 e. The first-order valence-electron chi connectivity index (χ1n) is 6.76. The molecule has 0 spiro atoms. The average molecular weight is 287 g/mol. The van der Waals surface area contributed by atoms with E-state index in [2.05, 4.69) is 25.8 Å². The number of aryl methyl sites for hydroxylation is 1. The Balaban J connectivity index is 2.26. The normalized spacial score (nSPS) is 13.2. The van der Waals surface area contributed by atoms with Gasteiger partial charge in [-0.05, 0) is 18.6 Å². The zero-order valence-corrected chi connectivity index (χ0v) is 13.2. The Morgan fingerprint density at radius 1 is 1.05 bits per heavy atom. The molecule has 1 atom stereocenters. The summed E-state index contributed by atoms with van der Waals surface area (Å²) < 4.78 is 0.138. The molecular weight excluding hydrogens is 266 g/mol. The summed E-state index contributed by atoms with van der Waals surface area (Å²) in [5, 5.41) is 11.4. The predicted molar refractivity (Wildman–Crippen MR) is 85.1 cm³/mol. The summed E-state index contributed by atoms with van der Waals surface area (Å²) in [6, 6.07) is 13.7. The Morgan fingerprint density at radius 3 is 2.25 bits per heavy atom. The molecule has 2 rings (SSSR count). The van der Waals surface area contributed by atoms with Crippen molar-refractivity contribution in [2.75, 3.05) is 0 Å². The van der Waals surface area contributed by atoms with Gasteiger partial charge in [-0.2, -0.15) is 0 Å². The monoisotopic (exact) mass is 287 g/mol. The van der Waals surface area contributed by atoms with Crippen molar-refractivity contribution < 1.29 is 5.11 Å². The van der Waals surface area contributed by atoms with Crippen LogP contribution in [-0.4, -0.2) is 14.8 Å². The van der Waals surface area contributed by atoms with Crippen LogP contribution in [0.3, 0.4) is 0 Å². The average Bonchev–Trinajstić information content (AvgIpc) is 2.37. The van der Waals surface area contributed by atoms with Gasteiger partial charge >= 0.3 is 0 Å². The minimum absolute atomic E-state index is 0.138. The van der Waals surface area contributed by atoms with Crippen molar-refractivity contribution in [3.05, 3.63) is 59.3 Å². The Labute approximate surface area is 125 Å². The lowest BCUT2D eigenvalue weighted by atomic mass is 10.0. The zero-order valence-electron chi connectivity index (χ0n) is 12.4. The molecule has 0 aliphatic carbocycles. The number of aromatic nitrogens is 1. The largest absolute Gasteiger partial charge is 0.384 e. The van der Waals surface area contributed by atoms with Crippen LogP contribution in [0, 0.1) is 6.92 Å². The van der Waals surface area contributed by atoms with Crippen LogP contribution in [0.5, 0.6) is 0 Å². The van der Waals surface area contributed by atoms with E-state index in [4.69, 9.17) is 0 Å². The van der Waals surface area contributed by atoms with Crippen LogP contribution in [0.2, 0.25) is 0 Å². The van der Waals surface area contributed by atoms with Gasteiger partial charge in [0.15, 0.2) is 0 Å². The fourth-order valence-electron chi connectivity index (χ4n) is 2.02. The van der Waals surface area contributed by atoms with Crippen molar-refractivity contribution in [1.29, 1.82) is 0 Å². The van der Waals surface area contributed by atoms with E-state index < -0.39 is 6.10 Å². The van der Waals surface area contributed by atoms with Crippen LogP contribution >= 0.6 is 11.8 Å². The number of rotatable bonds is 3.